The van der Waals surface area contributed by atoms with Crippen LogP contribution < -0.4 is 16.0 Å². The maximum absolute atomic E-state index is 12.7. The van der Waals surface area contributed by atoms with E-state index in [1.54, 1.807) is 4.90 Å². The summed E-state index contributed by atoms with van der Waals surface area (Å²) < 4.78 is 0. The fourth-order valence-electron chi connectivity index (χ4n) is 3.43. The molecule has 1 atom stereocenters. The first kappa shape index (κ1) is 17.6. The summed E-state index contributed by atoms with van der Waals surface area (Å²) in [6, 6.07) is 5.16. The van der Waals surface area contributed by atoms with E-state index in [9.17, 15) is 14.4 Å². The predicted molar refractivity (Wildman–Crippen MR) is 92.7 cm³/mol. The molecular formula is C18H24N4O3. The lowest BCUT2D eigenvalue weighted by Crippen LogP contribution is -2.52. The van der Waals surface area contributed by atoms with Gasteiger partial charge in [0, 0.05) is 25.1 Å². The monoisotopic (exact) mass is 344 g/mol. The Kier molecular flexibility index (Phi) is 5.45. The Morgan fingerprint density at radius 1 is 1.24 bits per heavy atom. The fourth-order valence-corrected chi connectivity index (χ4v) is 3.43. The molecule has 1 aromatic carbocycles. The molecule has 0 saturated carbocycles. The average Bonchev–Trinajstić information content (AvgIpc) is 2.92. The summed E-state index contributed by atoms with van der Waals surface area (Å²) in [4.78, 5) is 37.8. The molecule has 134 valence electrons. The van der Waals surface area contributed by atoms with Crippen LogP contribution in [-0.2, 0) is 22.7 Å². The van der Waals surface area contributed by atoms with Crippen LogP contribution in [0.2, 0.25) is 0 Å². The Hall–Kier alpha value is -2.25. The normalized spacial score (nSPS) is 20.0. The highest BCUT2D eigenvalue weighted by molar-refractivity contribution is 6.05. The number of nitrogens with zero attached hydrogens (tertiary/aromatic N) is 1. The average molecular weight is 344 g/mol. The lowest BCUT2D eigenvalue weighted by molar-refractivity contribution is -0.136. The van der Waals surface area contributed by atoms with Gasteiger partial charge < -0.3 is 15.5 Å². The number of hydrogen-bond acceptors (Lipinski definition) is 5. The first-order valence-electron chi connectivity index (χ1n) is 8.72. The number of carbonyl (C=O) groups is 3. The molecule has 7 nitrogen and oxygen atoms in total. The highest BCUT2D eigenvalue weighted by atomic mass is 16.2. The van der Waals surface area contributed by atoms with Gasteiger partial charge in [0.2, 0.25) is 11.8 Å². The molecule has 0 bridgehead atoms. The van der Waals surface area contributed by atoms with Crippen LogP contribution in [0.1, 0.15) is 40.7 Å². The minimum absolute atomic E-state index is 0.124. The second kappa shape index (κ2) is 7.76. The summed E-state index contributed by atoms with van der Waals surface area (Å²) in [6.45, 7) is 2.98. The second-order valence-corrected chi connectivity index (χ2v) is 6.48. The zero-order valence-corrected chi connectivity index (χ0v) is 14.4. The molecular weight excluding hydrogens is 320 g/mol. The third kappa shape index (κ3) is 3.72. The van der Waals surface area contributed by atoms with Crippen molar-refractivity contribution in [3.05, 3.63) is 34.9 Å². The van der Waals surface area contributed by atoms with Gasteiger partial charge in [0.05, 0.1) is 0 Å². The molecule has 3 amide bonds. The molecule has 2 heterocycles. The van der Waals surface area contributed by atoms with Gasteiger partial charge in [-0.2, -0.15) is 0 Å². The third-order valence-electron chi connectivity index (χ3n) is 4.77. The van der Waals surface area contributed by atoms with Crippen molar-refractivity contribution in [3.8, 4) is 0 Å². The first-order valence-corrected chi connectivity index (χ1v) is 8.72. The van der Waals surface area contributed by atoms with Crippen molar-refractivity contribution < 1.29 is 14.4 Å². The van der Waals surface area contributed by atoms with E-state index in [2.05, 4.69) is 16.0 Å². The molecule has 0 aliphatic carbocycles. The van der Waals surface area contributed by atoms with E-state index < -0.39 is 6.04 Å². The van der Waals surface area contributed by atoms with Crippen LogP contribution in [0.15, 0.2) is 18.2 Å². The maximum atomic E-state index is 12.7. The molecule has 1 saturated heterocycles. The maximum Gasteiger partial charge on any atom is 0.255 e. The molecule has 3 N–H and O–H groups in total. The lowest BCUT2D eigenvalue weighted by atomic mass is 10.0. The third-order valence-corrected chi connectivity index (χ3v) is 4.77. The molecule has 3 rings (SSSR count). The molecule has 1 aromatic rings. The summed E-state index contributed by atoms with van der Waals surface area (Å²) >= 11 is 0. The van der Waals surface area contributed by atoms with E-state index in [-0.39, 0.29) is 24.1 Å². The Morgan fingerprint density at radius 3 is 2.84 bits per heavy atom. The standard InChI is InChI=1S/C18H24N4O3/c1-19-8-3-9-20-10-12-4-2-5-13-14(12)11-22(18(13)25)15-6-7-16(23)21-17(15)24/h2,4-5,15,19-20H,3,6-11H2,1H3,(H,21,23,24). The van der Waals surface area contributed by atoms with E-state index in [1.807, 2.05) is 25.2 Å². The predicted octanol–water partition coefficient (Wildman–Crippen LogP) is 0.147. The SMILES string of the molecule is CNCCCNCc1cccc2c1CN(C1CCC(=O)NC1=O)C2=O. The first-order chi connectivity index (χ1) is 12.1. The van der Waals surface area contributed by atoms with Crippen molar-refractivity contribution in [3.63, 3.8) is 0 Å². The van der Waals surface area contributed by atoms with Gasteiger partial charge in [-0.3, -0.25) is 19.7 Å². The smallest absolute Gasteiger partial charge is 0.255 e. The van der Waals surface area contributed by atoms with E-state index in [1.165, 1.54) is 0 Å². The topological polar surface area (TPSA) is 90.5 Å². The molecule has 1 unspecified atom stereocenters. The fraction of sp³-hybridized carbons (Fsp3) is 0.500. The molecule has 2 aliphatic heterocycles. The van der Waals surface area contributed by atoms with Crippen LogP contribution >= 0.6 is 0 Å². The minimum atomic E-state index is -0.561. The van der Waals surface area contributed by atoms with Gasteiger partial charge in [-0.05, 0) is 50.2 Å². The highest BCUT2D eigenvalue weighted by Gasteiger charge is 2.39. The summed E-state index contributed by atoms with van der Waals surface area (Å²) in [7, 11) is 1.93. The summed E-state index contributed by atoms with van der Waals surface area (Å²) in [5, 5.41) is 8.84. The summed E-state index contributed by atoms with van der Waals surface area (Å²) in [5.41, 5.74) is 2.74. The van der Waals surface area contributed by atoms with E-state index >= 15 is 0 Å². The number of hydrogen-bond donors (Lipinski definition) is 3. The van der Waals surface area contributed by atoms with Gasteiger partial charge in [0.15, 0.2) is 0 Å². The van der Waals surface area contributed by atoms with E-state index in [0.29, 0.717) is 25.1 Å². The van der Waals surface area contributed by atoms with Crippen molar-refractivity contribution in [2.75, 3.05) is 20.1 Å². The molecule has 1 fully saturated rings. The van der Waals surface area contributed by atoms with E-state index in [0.717, 1.165) is 30.6 Å². The van der Waals surface area contributed by atoms with Crippen molar-refractivity contribution >= 4 is 17.7 Å². The number of carbonyl (C=O) groups excluding carboxylic acids is 3. The van der Waals surface area contributed by atoms with Gasteiger partial charge >= 0.3 is 0 Å². The quantitative estimate of drug-likeness (QED) is 0.484. The van der Waals surface area contributed by atoms with Crippen LogP contribution in [-0.4, -0.2) is 48.8 Å². The molecule has 0 aromatic heterocycles. The van der Waals surface area contributed by atoms with Gasteiger partial charge in [0.1, 0.15) is 6.04 Å². The number of rotatable bonds is 7. The Balaban J connectivity index is 1.69. The Morgan fingerprint density at radius 2 is 2.08 bits per heavy atom. The van der Waals surface area contributed by atoms with Gasteiger partial charge in [-0.25, -0.2) is 0 Å². The van der Waals surface area contributed by atoms with Crippen LogP contribution in [0, 0.1) is 0 Å². The van der Waals surface area contributed by atoms with Crippen molar-refractivity contribution in [1.82, 2.24) is 20.9 Å². The number of piperidine rings is 1. The zero-order chi connectivity index (χ0) is 17.8. The second-order valence-electron chi connectivity index (χ2n) is 6.48. The van der Waals surface area contributed by atoms with Gasteiger partial charge in [-0.1, -0.05) is 12.1 Å². The summed E-state index contributed by atoms with van der Waals surface area (Å²) in [6.07, 6.45) is 1.70. The number of fused-ring (bicyclic) bond motifs is 1. The lowest BCUT2D eigenvalue weighted by Gasteiger charge is -2.29. The number of imide groups is 1. The largest absolute Gasteiger partial charge is 0.322 e. The number of benzene rings is 1. The molecule has 0 radical (unpaired) electrons. The Bertz CT molecular complexity index is 689. The van der Waals surface area contributed by atoms with Crippen molar-refractivity contribution in [2.45, 2.75) is 38.4 Å². The van der Waals surface area contributed by atoms with Crippen LogP contribution in [0.5, 0.6) is 0 Å². The zero-order valence-electron chi connectivity index (χ0n) is 14.4. The summed E-state index contributed by atoms with van der Waals surface area (Å²) in [5.74, 6) is -0.762. The Labute approximate surface area is 147 Å². The minimum Gasteiger partial charge on any atom is -0.322 e. The van der Waals surface area contributed by atoms with Crippen LogP contribution in [0.4, 0.5) is 0 Å². The highest BCUT2D eigenvalue weighted by Crippen LogP contribution is 2.29. The molecule has 7 heteroatoms. The molecule has 2 aliphatic rings. The number of nitrogens with one attached hydrogen (secondary N) is 3. The molecule has 25 heavy (non-hydrogen) atoms. The van der Waals surface area contributed by atoms with Gasteiger partial charge in [-0.15, -0.1) is 0 Å². The number of amides is 3. The molecule has 0 spiro atoms. The van der Waals surface area contributed by atoms with Crippen LogP contribution in [0.3, 0.4) is 0 Å². The van der Waals surface area contributed by atoms with Gasteiger partial charge in [0.25, 0.3) is 5.91 Å². The van der Waals surface area contributed by atoms with Crippen LogP contribution in [0.25, 0.3) is 0 Å². The van der Waals surface area contributed by atoms with Crippen molar-refractivity contribution in [2.24, 2.45) is 0 Å². The van der Waals surface area contributed by atoms with Crippen molar-refractivity contribution in [1.29, 1.82) is 0 Å². The van der Waals surface area contributed by atoms with E-state index in [4.69, 9.17) is 0 Å².